The Balaban J connectivity index is 1.74. The van der Waals surface area contributed by atoms with Crippen LogP contribution >= 0.6 is 11.3 Å². The first-order valence-corrected chi connectivity index (χ1v) is 9.94. The van der Waals surface area contributed by atoms with E-state index in [0.29, 0.717) is 33.6 Å². The third kappa shape index (κ3) is 3.88. The Labute approximate surface area is 152 Å². The van der Waals surface area contributed by atoms with E-state index >= 15 is 0 Å². The number of benzene rings is 1. The lowest BCUT2D eigenvalue weighted by atomic mass is 10.2. The second kappa shape index (κ2) is 7.76. The molecule has 0 fully saturated rings. The predicted octanol–water partition coefficient (Wildman–Crippen LogP) is 4.20. The minimum absolute atomic E-state index is 0.00658. The molecule has 2 aromatic heterocycles. The maximum absolute atomic E-state index is 12.4. The summed E-state index contributed by atoms with van der Waals surface area (Å²) in [6, 6.07) is 10.6. The minimum atomic E-state index is -1.22. The van der Waals surface area contributed by atoms with E-state index in [1.54, 1.807) is 31.2 Å². The molecule has 3 aromatic rings. The van der Waals surface area contributed by atoms with Gasteiger partial charge >= 0.3 is 5.97 Å². The van der Waals surface area contributed by atoms with Gasteiger partial charge in [0.15, 0.2) is 0 Å². The number of rotatable bonds is 6. The van der Waals surface area contributed by atoms with Crippen LogP contribution in [-0.2, 0) is 22.1 Å². The molecule has 0 radical (unpaired) electrons. The molecule has 0 amide bonds. The van der Waals surface area contributed by atoms with E-state index in [4.69, 9.17) is 9.15 Å². The lowest BCUT2D eigenvalue weighted by molar-refractivity contribution is 0.0462. The van der Waals surface area contributed by atoms with Crippen molar-refractivity contribution in [3.8, 4) is 10.8 Å². The van der Waals surface area contributed by atoms with Gasteiger partial charge in [0.2, 0.25) is 5.89 Å². The second-order valence-electron chi connectivity index (χ2n) is 5.21. The van der Waals surface area contributed by atoms with Gasteiger partial charge in [0, 0.05) is 5.75 Å². The number of hydrogen-bond donors (Lipinski definition) is 0. The largest absolute Gasteiger partial charge is 0.455 e. The summed E-state index contributed by atoms with van der Waals surface area (Å²) < 4.78 is 23.1. The summed E-state index contributed by atoms with van der Waals surface area (Å²) in [6.45, 7) is 3.60. The molecule has 2 heterocycles. The van der Waals surface area contributed by atoms with Gasteiger partial charge in [-0.1, -0.05) is 25.1 Å². The van der Waals surface area contributed by atoms with Gasteiger partial charge in [-0.15, -0.1) is 11.3 Å². The van der Waals surface area contributed by atoms with Crippen LogP contribution in [0.1, 0.15) is 28.7 Å². The normalized spacial score (nSPS) is 12.1. The van der Waals surface area contributed by atoms with Gasteiger partial charge < -0.3 is 9.15 Å². The number of aromatic nitrogens is 1. The highest BCUT2D eigenvalue weighted by atomic mass is 32.2. The SMILES string of the molecule is CCS(=O)c1ccccc1C(=O)OCc1nc(-c2cccs2)oc1C. The van der Waals surface area contributed by atoms with E-state index in [-0.39, 0.29) is 6.61 Å². The van der Waals surface area contributed by atoms with Crippen molar-refractivity contribution in [1.82, 2.24) is 4.98 Å². The lowest BCUT2D eigenvalue weighted by Crippen LogP contribution is -2.10. The zero-order valence-corrected chi connectivity index (χ0v) is 15.5. The second-order valence-corrected chi connectivity index (χ2v) is 7.86. The van der Waals surface area contributed by atoms with E-state index in [1.165, 1.54) is 11.3 Å². The molecule has 0 bridgehead atoms. The molecule has 0 saturated heterocycles. The van der Waals surface area contributed by atoms with Gasteiger partial charge in [0.25, 0.3) is 0 Å². The van der Waals surface area contributed by atoms with Gasteiger partial charge in [-0.25, -0.2) is 9.78 Å². The monoisotopic (exact) mass is 375 g/mol. The fourth-order valence-electron chi connectivity index (χ4n) is 2.27. The molecule has 7 heteroatoms. The van der Waals surface area contributed by atoms with Crippen molar-refractivity contribution in [3.63, 3.8) is 0 Å². The average molecular weight is 375 g/mol. The summed E-state index contributed by atoms with van der Waals surface area (Å²) in [6.07, 6.45) is 0. The number of nitrogens with zero attached hydrogens (tertiary/aromatic N) is 1. The van der Waals surface area contributed by atoms with E-state index in [1.807, 2.05) is 24.4 Å². The fraction of sp³-hybridized carbons (Fsp3) is 0.222. The van der Waals surface area contributed by atoms with Crippen LogP contribution < -0.4 is 0 Å². The summed E-state index contributed by atoms with van der Waals surface area (Å²) >= 11 is 1.53. The maximum Gasteiger partial charge on any atom is 0.339 e. The molecular weight excluding hydrogens is 358 g/mol. The molecule has 0 aliphatic rings. The van der Waals surface area contributed by atoms with Crippen molar-refractivity contribution in [2.24, 2.45) is 0 Å². The first-order chi connectivity index (χ1) is 12.1. The Kier molecular flexibility index (Phi) is 5.45. The molecule has 0 saturated carbocycles. The predicted molar refractivity (Wildman–Crippen MR) is 97.1 cm³/mol. The number of hydrogen-bond acceptors (Lipinski definition) is 6. The Morgan fingerprint density at radius 3 is 2.80 bits per heavy atom. The molecule has 0 N–H and O–H groups in total. The van der Waals surface area contributed by atoms with Gasteiger partial charge in [-0.3, -0.25) is 4.21 Å². The number of carbonyl (C=O) groups excluding carboxylic acids is 1. The van der Waals surface area contributed by atoms with E-state index in [2.05, 4.69) is 4.98 Å². The maximum atomic E-state index is 12.4. The first kappa shape index (κ1) is 17.6. The number of aryl methyl sites for hydroxylation is 1. The number of oxazole rings is 1. The van der Waals surface area contributed by atoms with E-state index in [9.17, 15) is 9.00 Å². The van der Waals surface area contributed by atoms with Crippen molar-refractivity contribution in [1.29, 1.82) is 0 Å². The Bertz CT molecular complexity index is 900. The molecular formula is C18H17NO4S2. The smallest absolute Gasteiger partial charge is 0.339 e. The third-order valence-electron chi connectivity index (χ3n) is 3.58. The Morgan fingerprint density at radius 2 is 2.08 bits per heavy atom. The highest BCUT2D eigenvalue weighted by Gasteiger charge is 2.18. The molecule has 1 unspecified atom stereocenters. The van der Waals surface area contributed by atoms with Crippen LogP contribution in [-0.4, -0.2) is 20.9 Å². The third-order valence-corrected chi connectivity index (χ3v) is 5.81. The van der Waals surface area contributed by atoms with Gasteiger partial charge in [-0.2, -0.15) is 0 Å². The topological polar surface area (TPSA) is 69.4 Å². The van der Waals surface area contributed by atoms with E-state index < -0.39 is 16.8 Å². The summed E-state index contributed by atoms with van der Waals surface area (Å²) in [5.74, 6) is 1.06. The highest BCUT2D eigenvalue weighted by molar-refractivity contribution is 7.85. The average Bonchev–Trinajstić information content (AvgIpc) is 3.28. The molecule has 130 valence electrons. The first-order valence-electron chi connectivity index (χ1n) is 7.75. The van der Waals surface area contributed by atoms with Crippen LogP contribution in [0, 0.1) is 6.92 Å². The molecule has 0 spiro atoms. The van der Waals surface area contributed by atoms with Gasteiger partial charge in [0.05, 0.1) is 26.1 Å². The summed E-state index contributed by atoms with van der Waals surface area (Å²) in [5, 5.41) is 1.94. The van der Waals surface area contributed by atoms with Crippen LogP contribution in [0.15, 0.2) is 51.1 Å². The minimum Gasteiger partial charge on any atom is -0.455 e. The zero-order valence-electron chi connectivity index (χ0n) is 13.9. The summed E-state index contributed by atoms with van der Waals surface area (Å²) in [4.78, 5) is 18.2. The molecule has 1 atom stereocenters. The molecule has 0 aliphatic carbocycles. The molecule has 5 nitrogen and oxygen atoms in total. The molecule has 0 aliphatic heterocycles. The summed E-state index contributed by atoms with van der Waals surface area (Å²) in [7, 11) is -1.22. The number of carbonyl (C=O) groups is 1. The van der Waals surface area contributed by atoms with E-state index in [0.717, 1.165) is 4.88 Å². The molecule has 25 heavy (non-hydrogen) atoms. The van der Waals surface area contributed by atoms with Crippen LogP contribution in [0.4, 0.5) is 0 Å². The van der Waals surface area contributed by atoms with Crippen LogP contribution in [0.5, 0.6) is 0 Å². The van der Waals surface area contributed by atoms with Crippen molar-refractivity contribution in [2.75, 3.05) is 5.75 Å². The lowest BCUT2D eigenvalue weighted by Gasteiger charge is -2.08. The van der Waals surface area contributed by atoms with Crippen molar-refractivity contribution in [3.05, 3.63) is 58.8 Å². The standard InChI is InChI=1S/C18H17NO4S2/c1-3-25(21)16-9-5-4-7-13(16)18(20)22-11-14-12(2)23-17(19-14)15-8-6-10-24-15/h4-10H,3,11H2,1-2H3. The van der Waals surface area contributed by atoms with Crippen LogP contribution in [0.3, 0.4) is 0 Å². The van der Waals surface area contributed by atoms with Crippen LogP contribution in [0.2, 0.25) is 0 Å². The van der Waals surface area contributed by atoms with Crippen molar-refractivity contribution < 1.29 is 18.2 Å². The number of thiophene rings is 1. The van der Waals surface area contributed by atoms with Gasteiger partial charge in [0.1, 0.15) is 18.1 Å². The quantitative estimate of drug-likeness (QED) is 0.604. The van der Waals surface area contributed by atoms with Crippen molar-refractivity contribution >= 4 is 28.1 Å². The zero-order chi connectivity index (χ0) is 17.8. The van der Waals surface area contributed by atoms with Crippen molar-refractivity contribution in [2.45, 2.75) is 25.3 Å². The summed E-state index contributed by atoms with van der Waals surface area (Å²) in [5.41, 5.74) is 0.896. The fourth-order valence-corrected chi connectivity index (χ4v) is 3.86. The highest BCUT2D eigenvalue weighted by Crippen LogP contribution is 2.26. The van der Waals surface area contributed by atoms with Gasteiger partial charge in [-0.05, 0) is 30.5 Å². The molecule has 1 aromatic carbocycles. The molecule has 3 rings (SSSR count). The van der Waals surface area contributed by atoms with Crippen LogP contribution in [0.25, 0.3) is 10.8 Å². The number of esters is 1. The Morgan fingerprint density at radius 1 is 1.28 bits per heavy atom. The Hall–Kier alpha value is -2.25. The number of ether oxygens (including phenoxy) is 1.